The zero-order valence-corrected chi connectivity index (χ0v) is 12.8. The van der Waals surface area contributed by atoms with Crippen LogP contribution < -0.4 is 11.1 Å². The second kappa shape index (κ2) is 6.27. The number of anilines is 1. The average Bonchev–Trinajstić information content (AvgIpc) is 2.43. The molecule has 0 saturated carbocycles. The van der Waals surface area contributed by atoms with Gasteiger partial charge in [0.15, 0.2) is 0 Å². The van der Waals surface area contributed by atoms with Crippen LogP contribution in [0.25, 0.3) is 5.70 Å². The Morgan fingerprint density at radius 2 is 1.76 bits per heavy atom. The number of nitrogens with one attached hydrogen (secondary N) is 1. The van der Waals surface area contributed by atoms with Crippen molar-refractivity contribution in [1.82, 2.24) is 0 Å². The molecule has 0 unspecified atom stereocenters. The minimum atomic E-state index is 0.551. The first-order chi connectivity index (χ1) is 9.95. The lowest BCUT2D eigenvalue weighted by atomic mass is 10.1. The van der Waals surface area contributed by atoms with Gasteiger partial charge in [0.25, 0.3) is 0 Å². The van der Waals surface area contributed by atoms with Crippen LogP contribution in [0.4, 0.5) is 11.4 Å². The van der Waals surface area contributed by atoms with Gasteiger partial charge in [-0.3, -0.25) is 0 Å². The molecule has 2 rings (SSSR count). The third-order valence-electron chi connectivity index (χ3n) is 3.24. The maximum atomic E-state index is 5.74. The molecule has 3 nitrogen and oxygen atoms in total. The Hall–Kier alpha value is -2.55. The molecular weight excluding hydrogens is 258 g/mol. The van der Waals surface area contributed by atoms with Gasteiger partial charge in [0.1, 0.15) is 5.84 Å². The van der Waals surface area contributed by atoms with Crippen molar-refractivity contribution in [1.29, 1.82) is 0 Å². The number of hydrogen-bond acceptors (Lipinski definition) is 2. The van der Waals surface area contributed by atoms with Crippen molar-refractivity contribution >= 4 is 22.9 Å². The fraction of sp³-hybridized carbons (Fsp3) is 0.167. The van der Waals surface area contributed by atoms with Gasteiger partial charge in [0.2, 0.25) is 0 Å². The molecule has 0 fully saturated rings. The minimum Gasteiger partial charge on any atom is -0.399 e. The van der Waals surface area contributed by atoms with E-state index in [4.69, 9.17) is 5.73 Å². The van der Waals surface area contributed by atoms with Crippen LogP contribution in [-0.2, 0) is 0 Å². The van der Waals surface area contributed by atoms with Gasteiger partial charge in [-0.1, -0.05) is 36.4 Å². The van der Waals surface area contributed by atoms with Crippen molar-refractivity contribution in [2.45, 2.75) is 20.8 Å². The van der Waals surface area contributed by atoms with Gasteiger partial charge in [-0.05, 0) is 50.1 Å². The summed E-state index contributed by atoms with van der Waals surface area (Å²) in [5.74, 6) is 0.835. The fourth-order valence-electron chi connectivity index (χ4n) is 1.98. The lowest BCUT2D eigenvalue weighted by Gasteiger charge is -2.09. The minimum absolute atomic E-state index is 0.551. The second-order valence-electron chi connectivity index (χ2n) is 5.21. The maximum Gasteiger partial charge on any atom is 0.103 e. The largest absolute Gasteiger partial charge is 0.399 e. The van der Waals surface area contributed by atoms with Gasteiger partial charge in [0, 0.05) is 11.4 Å². The molecule has 0 aliphatic carbocycles. The SMILES string of the molecule is C=C(N)c1ccc(C)c(N=C(C)Nc2ccc(C)cc2)c1. The first-order valence-corrected chi connectivity index (χ1v) is 6.90. The van der Waals surface area contributed by atoms with E-state index in [1.165, 1.54) is 5.56 Å². The molecule has 0 atom stereocenters. The van der Waals surface area contributed by atoms with Crippen molar-refractivity contribution in [3.05, 3.63) is 65.7 Å². The Bertz CT molecular complexity index is 682. The smallest absolute Gasteiger partial charge is 0.103 e. The molecule has 0 radical (unpaired) electrons. The first kappa shape index (κ1) is 14.9. The molecule has 2 aromatic rings. The molecule has 3 N–H and O–H groups in total. The summed E-state index contributed by atoms with van der Waals surface area (Å²) in [6, 6.07) is 14.1. The number of benzene rings is 2. The van der Waals surface area contributed by atoms with E-state index in [1.807, 2.05) is 44.2 Å². The lowest BCUT2D eigenvalue weighted by Crippen LogP contribution is -2.06. The van der Waals surface area contributed by atoms with Gasteiger partial charge in [-0.15, -0.1) is 0 Å². The highest BCUT2D eigenvalue weighted by Gasteiger charge is 2.02. The highest BCUT2D eigenvalue weighted by Crippen LogP contribution is 2.23. The van der Waals surface area contributed by atoms with E-state index in [2.05, 4.69) is 35.9 Å². The van der Waals surface area contributed by atoms with Crippen LogP contribution in [-0.4, -0.2) is 5.84 Å². The van der Waals surface area contributed by atoms with Crippen LogP contribution in [0.5, 0.6) is 0 Å². The van der Waals surface area contributed by atoms with Crippen molar-refractivity contribution in [2.24, 2.45) is 10.7 Å². The van der Waals surface area contributed by atoms with E-state index in [-0.39, 0.29) is 0 Å². The van der Waals surface area contributed by atoms with E-state index in [1.54, 1.807) is 0 Å². The van der Waals surface area contributed by atoms with Crippen LogP contribution in [0.3, 0.4) is 0 Å². The Labute approximate surface area is 126 Å². The summed E-state index contributed by atoms with van der Waals surface area (Å²) in [5, 5.41) is 3.29. The van der Waals surface area contributed by atoms with E-state index < -0.39 is 0 Å². The third-order valence-corrected chi connectivity index (χ3v) is 3.24. The average molecular weight is 279 g/mol. The molecule has 3 heteroatoms. The summed E-state index contributed by atoms with van der Waals surface area (Å²) < 4.78 is 0. The van der Waals surface area contributed by atoms with Crippen molar-refractivity contribution in [3.63, 3.8) is 0 Å². The quantitative estimate of drug-likeness (QED) is 0.646. The Kier molecular flexibility index (Phi) is 4.43. The summed E-state index contributed by atoms with van der Waals surface area (Å²) in [6.07, 6.45) is 0. The molecule has 0 spiro atoms. The first-order valence-electron chi connectivity index (χ1n) is 6.90. The highest BCUT2D eigenvalue weighted by atomic mass is 15.0. The number of rotatable bonds is 3. The lowest BCUT2D eigenvalue weighted by molar-refractivity contribution is 1.36. The van der Waals surface area contributed by atoms with Crippen LogP contribution in [0.1, 0.15) is 23.6 Å². The zero-order valence-electron chi connectivity index (χ0n) is 12.8. The normalized spacial score (nSPS) is 11.3. The fourth-order valence-corrected chi connectivity index (χ4v) is 1.98. The van der Waals surface area contributed by atoms with Crippen LogP contribution >= 0.6 is 0 Å². The number of amidine groups is 1. The number of aliphatic imine (C=N–C) groups is 1. The van der Waals surface area contributed by atoms with E-state index in [0.29, 0.717) is 5.70 Å². The molecule has 0 heterocycles. The van der Waals surface area contributed by atoms with Gasteiger partial charge >= 0.3 is 0 Å². The van der Waals surface area contributed by atoms with Gasteiger partial charge in [0.05, 0.1) is 5.69 Å². The molecule has 0 aliphatic rings. The second-order valence-corrected chi connectivity index (χ2v) is 5.21. The highest BCUT2D eigenvalue weighted by molar-refractivity contribution is 5.95. The molecule has 0 amide bonds. The number of aryl methyl sites for hydroxylation is 2. The summed E-state index contributed by atoms with van der Waals surface area (Å²) in [5.41, 5.74) is 11.5. The molecule has 21 heavy (non-hydrogen) atoms. The van der Waals surface area contributed by atoms with E-state index in [0.717, 1.165) is 28.3 Å². The molecule has 0 aromatic heterocycles. The van der Waals surface area contributed by atoms with Crippen molar-refractivity contribution < 1.29 is 0 Å². The van der Waals surface area contributed by atoms with E-state index in [9.17, 15) is 0 Å². The molecule has 0 saturated heterocycles. The predicted octanol–water partition coefficient (Wildman–Crippen LogP) is 4.39. The molecule has 108 valence electrons. The van der Waals surface area contributed by atoms with Crippen LogP contribution in [0.2, 0.25) is 0 Å². The van der Waals surface area contributed by atoms with Gasteiger partial charge in [-0.25, -0.2) is 4.99 Å². The number of nitrogens with two attached hydrogens (primary N) is 1. The summed E-state index contributed by atoms with van der Waals surface area (Å²) >= 11 is 0. The molecule has 2 aromatic carbocycles. The van der Waals surface area contributed by atoms with E-state index >= 15 is 0 Å². The topological polar surface area (TPSA) is 50.4 Å². The Balaban J connectivity index is 2.24. The standard InChI is InChI=1S/C18H21N3/c1-12-5-9-17(10-6-12)20-15(4)21-18-11-16(14(3)19)8-7-13(18)2/h5-11H,3,19H2,1-2,4H3,(H,20,21). The molecular formula is C18H21N3. The predicted molar refractivity (Wildman–Crippen MR) is 92.0 cm³/mol. The summed E-state index contributed by atoms with van der Waals surface area (Å²) in [6.45, 7) is 9.81. The monoisotopic (exact) mass is 279 g/mol. The maximum absolute atomic E-state index is 5.74. The zero-order chi connectivity index (χ0) is 15.4. The van der Waals surface area contributed by atoms with Crippen LogP contribution in [0.15, 0.2) is 54.0 Å². The third kappa shape index (κ3) is 3.96. The van der Waals surface area contributed by atoms with Crippen molar-refractivity contribution in [3.8, 4) is 0 Å². The Morgan fingerprint density at radius 1 is 1.10 bits per heavy atom. The number of hydrogen-bond donors (Lipinski definition) is 2. The summed E-state index contributed by atoms with van der Waals surface area (Å²) in [4.78, 5) is 4.63. The number of nitrogens with zero attached hydrogens (tertiary/aromatic N) is 1. The van der Waals surface area contributed by atoms with Crippen LogP contribution in [0, 0.1) is 13.8 Å². The van der Waals surface area contributed by atoms with Gasteiger partial charge in [-0.2, -0.15) is 0 Å². The molecule has 0 aliphatic heterocycles. The van der Waals surface area contributed by atoms with Crippen molar-refractivity contribution in [2.75, 3.05) is 5.32 Å². The summed E-state index contributed by atoms with van der Waals surface area (Å²) in [7, 11) is 0. The molecule has 0 bridgehead atoms. The Morgan fingerprint density at radius 3 is 2.38 bits per heavy atom. The van der Waals surface area contributed by atoms with Gasteiger partial charge < -0.3 is 11.1 Å².